The number of hydrogen-bond acceptors (Lipinski definition) is 1. The van der Waals surface area contributed by atoms with E-state index in [2.05, 4.69) is 34.8 Å². The van der Waals surface area contributed by atoms with Gasteiger partial charge in [-0.05, 0) is 46.8 Å². The van der Waals surface area contributed by atoms with Crippen molar-refractivity contribution in [1.82, 2.24) is 4.98 Å². The number of hydrogen-bond donors (Lipinski definition) is 1. The maximum atomic E-state index is 12.0. The van der Waals surface area contributed by atoms with Gasteiger partial charge in [-0.3, -0.25) is 4.79 Å². The smallest absolute Gasteiger partial charge is 0.189 e. The predicted octanol–water partition coefficient (Wildman–Crippen LogP) is 3.80. The summed E-state index contributed by atoms with van der Waals surface area (Å²) in [6, 6.07) is 5.56. The van der Waals surface area contributed by atoms with E-state index in [0.717, 1.165) is 33.1 Å². The normalized spacial score (nSPS) is 11.4. The molecule has 0 aliphatic rings. The van der Waals surface area contributed by atoms with Crippen LogP contribution in [0.4, 0.5) is 0 Å². The van der Waals surface area contributed by atoms with Gasteiger partial charge < -0.3 is 4.98 Å². The Kier molecular flexibility index (Phi) is 3.38. The molecule has 17 heavy (non-hydrogen) atoms. The van der Waals surface area contributed by atoms with Crippen LogP contribution in [-0.4, -0.2) is 4.98 Å². The molecule has 0 radical (unpaired) electrons. The lowest BCUT2D eigenvalue weighted by atomic mass is 10.1. The molecule has 0 aliphatic heterocycles. The molecule has 0 spiro atoms. The first kappa shape index (κ1) is 12.4. The third-order valence-corrected chi connectivity index (χ3v) is 3.84. The number of rotatable bonds is 2. The van der Waals surface area contributed by atoms with Gasteiger partial charge in [-0.25, -0.2) is 0 Å². The Morgan fingerprint density at radius 3 is 2.71 bits per heavy atom. The summed E-state index contributed by atoms with van der Waals surface area (Å²) in [5.74, 6) is 0.534. The third kappa shape index (κ3) is 2.44. The maximum absolute atomic E-state index is 12.0. The van der Waals surface area contributed by atoms with Crippen LogP contribution in [0, 0.1) is 12.8 Å². The largest absolute Gasteiger partial charge is 0.357 e. The van der Waals surface area contributed by atoms with E-state index in [1.165, 1.54) is 0 Å². The molecule has 0 atom stereocenters. The fraction of sp³-hybridized carbons (Fsp3) is 0.357. The molecular formula is C14H16BrNO. The number of aryl methyl sites for hydroxylation is 1. The van der Waals surface area contributed by atoms with Crippen LogP contribution in [0.1, 0.15) is 25.1 Å². The fourth-order valence-corrected chi connectivity index (χ4v) is 2.44. The van der Waals surface area contributed by atoms with Crippen molar-refractivity contribution in [2.75, 3.05) is 0 Å². The minimum atomic E-state index is 0.0927. The van der Waals surface area contributed by atoms with Crippen molar-refractivity contribution in [2.24, 2.45) is 5.92 Å². The Labute approximate surface area is 109 Å². The molecule has 2 aromatic rings. The lowest BCUT2D eigenvalue weighted by Gasteiger charge is -2.09. The van der Waals surface area contributed by atoms with Gasteiger partial charge in [-0.2, -0.15) is 0 Å². The van der Waals surface area contributed by atoms with E-state index >= 15 is 0 Å². The summed E-state index contributed by atoms with van der Waals surface area (Å²) >= 11 is 3.55. The van der Waals surface area contributed by atoms with Crippen molar-refractivity contribution in [3.05, 3.63) is 44.2 Å². The summed E-state index contributed by atoms with van der Waals surface area (Å²) in [5, 5.41) is 0.745. The van der Waals surface area contributed by atoms with Gasteiger partial charge in [0.25, 0.3) is 0 Å². The second-order valence-corrected chi connectivity index (χ2v) is 5.67. The van der Waals surface area contributed by atoms with Crippen LogP contribution in [-0.2, 0) is 6.42 Å². The molecule has 1 aromatic carbocycles. The highest BCUT2D eigenvalue weighted by molar-refractivity contribution is 9.10. The number of H-pyrrole nitrogens is 1. The SMILES string of the molecule is Cc1ccc2c(=O)cc(CC(C)C)[nH]c2c1Br. The first-order chi connectivity index (χ1) is 7.99. The lowest BCUT2D eigenvalue weighted by molar-refractivity contribution is 0.636. The lowest BCUT2D eigenvalue weighted by Crippen LogP contribution is -2.08. The molecule has 0 aliphatic carbocycles. The molecule has 0 bridgehead atoms. The quantitative estimate of drug-likeness (QED) is 0.898. The molecule has 0 fully saturated rings. The Bertz CT molecular complexity index is 613. The molecule has 0 saturated carbocycles. The number of fused-ring (bicyclic) bond motifs is 1. The summed E-state index contributed by atoms with van der Waals surface area (Å²) in [6.45, 7) is 6.32. The van der Waals surface area contributed by atoms with Gasteiger partial charge in [-0.15, -0.1) is 0 Å². The second-order valence-electron chi connectivity index (χ2n) is 4.88. The molecule has 3 heteroatoms. The molecule has 1 N–H and O–H groups in total. The summed E-state index contributed by atoms with van der Waals surface area (Å²) in [4.78, 5) is 15.4. The molecule has 0 amide bonds. The molecule has 90 valence electrons. The minimum absolute atomic E-state index is 0.0927. The topological polar surface area (TPSA) is 32.9 Å². The van der Waals surface area contributed by atoms with Crippen molar-refractivity contribution in [2.45, 2.75) is 27.2 Å². The Hall–Kier alpha value is -1.09. The van der Waals surface area contributed by atoms with Gasteiger partial charge in [0.15, 0.2) is 5.43 Å². The van der Waals surface area contributed by atoms with Gasteiger partial charge >= 0.3 is 0 Å². The van der Waals surface area contributed by atoms with E-state index in [0.29, 0.717) is 5.92 Å². The van der Waals surface area contributed by atoms with E-state index in [1.807, 2.05) is 19.1 Å². The van der Waals surface area contributed by atoms with E-state index < -0.39 is 0 Å². The van der Waals surface area contributed by atoms with Crippen LogP contribution < -0.4 is 5.43 Å². The summed E-state index contributed by atoms with van der Waals surface area (Å²) in [7, 11) is 0. The van der Waals surface area contributed by atoms with Crippen molar-refractivity contribution in [3.8, 4) is 0 Å². The summed E-state index contributed by atoms with van der Waals surface area (Å²) in [6.07, 6.45) is 0.894. The molecule has 0 saturated heterocycles. The maximum Gasteiger partial charge on any atom is 0.189 e. The predicted molar refractivity (Wildman–Crippen MR) is 75.5 cm³/mol. The van der Waals surface area contributed by atoms with Crippen LogP contribution in [0.25, 0.3) is 10.9 Å². The van der Waals surface area contributed by atoms with Gasteiger partial charge in [0.2, 0.25) is 0 Å². The van der Waals surface area contributed by atoms with E-state index in [1.54, 1.807) is 6.07 Å². The molecule has 1 heterocycles. The Morgan fingerprint density at radius 2 is 2.06 bits per heavy atom. The van der Waals surface area contributed by atoms with Gasteiger partial charge in [-0.1, -0.05) is 19.9 Å². The molecule has 2 rings (SSSR count). The van der Waals surface area contributed by atoms with Crippen molar-refractivity contribution in [1.29, 1.82) is 0 Å². The van der Waals surface area contributed by atoms with Crippen LogP contribution >= 0.6 is 15.9 Å². The molecular weight excluding hydrogens is 278 g/mol. The van der Waals surface area contributed by atoms with E-state index in [9.17, 15) is 4.79 Å². The van der Waals surface area contributed by atoms with Crippen LogP contribution in [0.15, 0.2) is 27.5 Å². The highest BCUT2D eigenvalue weighted by Crippen LogP contribution is 2.24. The average Bonchev–Trinajstić information content (AvgIpc) is 2.23. The van der Waals surface area contributed by atoms with E-state index in [4.69, 9.17) is 0 Å². The summed E-state index contributed by atoms with van der Waals surface area (Å²) in [5.41, 5.74) is 3.14. The number of pyridine rings is 1. The third-order valence-electron chi connectivity index (χ3n) is 2.82. The Balaban J connectivity index is 2.70. The molecule has 0 unspecified atom stereocenters. The fourth-order valence-electron chi connectivity index (χ4n) is 1.99. The number of aromatic amines is 1. The van der Waals surface area contributed by atoms with Crippen LogP contribution in [0.5, 0.6) is 0 Å². The zero-order valence-corrected chi connectivity index (χ0v) is 11.9. The second kappa shape index (κ2) is 4.65. The Morgan fingerprint density at radius 1 is 1.35 bits per heavy atom. The summed E-state index contributed by atoms with van der Waals surface area (Å²) < 4.78 is 0.984. The van der Waals surface area contributed by atoms with Crippen molar-refractivity contribution in [3.63, 3.8) is 0 Å². The highest BCUT2D eigenvalue weighted by Gasteiger charge is 2.08. The first-order valence-electron chi connectivity index (χ1n) is 5.80. The number of aromatic nitrogens is 1. The van der Waals surface area contributed by atoms with E-state index in [-0.39, 0.29) is 5.43 Å². The number of halogens is 1. The monoisotopic (exact) mass is 293 g/mol. The molecule has 1 aromatic heterocycles. The van der Waals surface area contributed by atoms with Crippen LogP contribution in [0.3, 0.4) is 0 Å². The molecule has 2 nitrogen and oxygen atoms in total. The highest BCUT2D eigenvalue weighted by atomic mass is 79.9. The number of benzene rings is 1. The zero-order chi connectivity index (χ0) is 12.6. The van der Waals surface area contributed by atoms with Gasteiger partial charge in [0.05, 0.1) is 5.52 Å². The number of nitrogens with one attached hydrogen (secondary N) is 1. The van der Waals surface area contributed by atoms with Crippen molar-refractivity contribution < 1.29 is 0 Å². The average molecular weight is 294 g/mol. The van der Waals surface area contributed by atoms with Gasteiger partial charge in [0, 0.05) is 21.6 Å². The first-order valence-corrected chi connectivity index (χ1v) is 6.59. The minimum Gasteiger partial charge on any atom is -0.357 e. The van der Waals surface area contributed by atoms with Crippen molar-refractivity contribution >= 4 is 26.8 Å². The van der Waals surface area contributed by atoms with Gasteiger partial charge in [0.1, 0.15) is 0 Å². The standard InChI is InChI=1S/C14H16BrNO/c1-8(2)6-10-7-12(17)11-5-4-9(3)13(15)14(11)16-10/h4-5,7-8H,6H2,1-3H3,(H,16,17). The van der Waals surface area contributed by atoms with Crippen LogP contribution in [0.2, 0.25) is 0 Å². The zero-order valence-electron chi connectivity index (χ0n) is 10.3.